The summed E-state index contributed by atoms with van der Waals surface area (Å²) in [6.45, 7) is 1.65. The Bertz CT molecular complexity index is 717. The molecule has 0 spiro atoms. The van der Waals surface area contributed by atoms with E-state index >= 15 is 0 Å². The van der Waals surface area contributed by atoms with Crippen LogP contribution in [-0.2, 0) is 4.79 Å². The number of thiazole rings is 1. The van der Waals surface area contributed by atoms with Crippen LogP contribution in [0.3, 0.4) is 0 Å². The van der Waals surface area contributed by atoms with Crippen molar-refractivity contribution in [2.24, 2.45) is 0 Å². The van der Waals surface area contributed by atoms with Crippen LogP contribution in [0.1, 0.15) is 24.0 Å². The molecule has 4 atom stereocenters. The molecule has 24 heavy (non-hydrogen) atoms. The Labute approximate surface area is 144 Å². The quantitative estimate of drug-likeness (QED) is 0.866. The summed E-state index contributed by atoms with van der Waals surface area (Å²) in [6, 6.07) is 7.83. The van der Waals surface area contributed by atoms with Gasteiger partial charge in [-0.3, -0.25) is 4.79 Å². The number of carbonyl (C=O) groups is 1. The minimum absolute atomic E-state index is 0.137. The maximum atomic E-state index is 12.8. The number of fused-ring (bicyclic) bond motifs is 3. The van der Waals surface area contributed by atoms with Crippen molar-refractivity contribution in [3.63, 3.8) is 0 Å². The molecule has 7 heteroatoms. The number of aliphatic hydroxyl groups excluding tert-OH is 2. The van der Waals surface area contributed by atoms with Gasteiger partial charge in [0.05, 0.1) is 10.2 Å². The third-order valence-corrected chi connectivity index (χ3v) is 6.14. The number of aliphatic hydroxyl groups is 2. The first kappa shape index (κ1) is 16.0. The van der Waals surface area contributed by atoms with E-state index in [1.807, 2.05) is 24.3 Å². The number of hydrogen-bond acceptors (Lipinski definition) is 6. The Morgan fingerprint density at radius 3 is 2.58 bits per heavy atom. The highest BCUT2D eigenvalue weighted by atomic mass is 32.1. The van der Waals surface area contributed by atoms with Gasteiger partial charge in [0, 0.05) is 25.2 Å². The zero-order chi connectivity index (χ0) is 16.8. The highest BCUT2D eigenvalue weighted by molar-refractivity contribution is 7.18. The summed E-state index contributed by atoms with van der Waals surface area (Å²) in [6.07, 6.45) is -0.818. The van der Waals surface area contributed by atoms with Gasteiger partial charge < -0.3 is 20.0 Å². The van der Waals surface area contributed by atoms with Crippen LogP contribution in [-0.4, -0.2) is 69.2 Å². The summed E-state index contributed by atoms with van der Waals surface area (Å²) in [5, 5.41) is 21.3. The van der Waals surface area contributed by atoms with Crippen molar-refractivity contribution in [3.8, 4) is 0 Å². The molecule has 128 valence electrons. The fraction of sp³-hybridized carbons (Fsp3) is 0.529. The molecule has 1 aromatic carbocycles. The van der Waals surface area contributed by atoms with Gasteiger partial charge in [0.25, 0.3) is 5.91 Å². The van der Waals surface area contributed by atoms with Gasteiger partial charge in [0.1, 0.15) is 11.1 Å². The van der Waals surface area contributed by atoms with Gasteiger partial charge in [-0.15, -0.1) is 11.3 Å². The largest absolute Gasteiger partial charge is 0.383 e. The molecule has 2 aromatic rings. The van der Waals surface area contributed by atoms with Crippen molar-refractivity contribution in [2.45, 2.75) is 37.1 Å². The van der Waals surface area contributed by atoms with Gasteiger partial charge in [-0.1, -0.05) is 12.1 Å². The number of piperazine rings is 1. The Kier molecular flexibility index (Phi) is 4.04. The second kappa shape index (κ2) is 6.07. The number of aromatic nitrogens is 1. The summed E-state index contributed by atoms with van der Waals surface area (Å²) in [5.74, 6) is -0.373. The molecule has 6 nitrogen and oxygen atoms in total. The van der Waals surface area contributed by atoms with E-state index in [4.69, 9.17) is 0 Å². The average Bonchev–Trinajstić information content (AvgIpc) is 3.12. The van der Waals surface area contributed by atoms with Crippen molar-refractivity contribution < 1.29 is 15.0 Å². The third-order valence-electron chi connectivity index (χ3n) is 5.03. The molecule has 2 fully saturated rings. The maximum Gasteiger partial charge on any atom is 0.255 e. The second-order valence-electron chi connectivity index (χ2n) is 6.76. The first-order valence-electron chi connectivity index (χ1n) is 8.27. The predicted octanol–water partition coefficient (Wildman–Crippen LogP) is 0.996. The van der Waals surface area contributed by atoms with Crippen molar-refractivity contribution in [3.05, 3.63) is 29.3 Å². The molecule has 0 aliphatic carbocycles. The number of hydrogen-bond donors (Lipinski definition) is 2. The Morgan fingerprint density at radius 2 is 1.92 bits per heavy atom. The Balaban J connectivity index is 1.54. The van der Waals surface area contributed by atoms with E-state index in [1.165, 1.54) is 11.3 Å². The van der Waals surface area contributed by atoms with E-state index in [2.05, 4.69) is 16.9 Å². The number of nitrogens with zero attached hydrogens (tertiary/aromatic N) is 3. The lowest BCUT2D eigenvalue weighted by molar-refractivity contribution is -0.152. The summed E-state index contributed by atoms with van der Waals surface area (Å²) in [4.78, 5) is 21.1. The highest BCUT2D eigenvalue weighted by Gasteiger charge is 2.44. The highest BCUT2D eigenvalue weighted by Crippen LogP contribution is 2.33. The van der Waals surface area contributed by atoms with Crippen LogP contribution in [0.4, 0.5) is 0 Å². The van der Waals surface area contributed by atoms with Crippen LogP contribution in [0.15, 0.2) is 24.3 Å². The smallest absolute Gasteiger partial charge is 0.255 e. The van der Waals surface area contributed by atoms with Crippen LogP contribution in [0, 0.1) is 0 Å². The van der Waals surface area contributed by atoms with Crippen molar-refractivity contribution in [1.82, 2.24) is 14.8 Å². The summed E-state index contributed by atoms with van der Waals surface area (Å²) < 4.78 is 0.936. The molecule has 1 amide bonds. The number of likely N-dealkylation sites (tertiary alicyclic amines) is 1. The first-order valence-corrected chi connectivity index (χ1v) is 9.08. The lowest BCUT2D eigenvalue weighted by Crippen LogP contribution is -2.57. The molecule has 2 bridgehead atoms. The molecule has 1 aromatic heterocycles. The molecule has 2 saturated heterocycles. The number of amides is 1. The predicted molar refractivity (Wildman–Crippen MR) is 91.7 cm³/mol. The zero-order valence-corrected chi connectivity index (χ0v) is 14.3. The summed E-state index contributed by atoms with van der Waals surface area (Å²) in [7, 11) is 2.06. The molecule has 0 radical (unpaired) electrons. The van der Waals surface area contributed by atoms with E-state index < -0.39 is 12.2 Å². The zero-order valence-electron chi connectivity index (χ0n) is 13.5. The minimum atomic E-state index is -1.46. The van der Waals surface area contributed by atoms with E-state index in [9.17, 15) is 15.0 Å². The van der Waals surface area contributed by atoms with Crippen molar-refractivity contribution >= 4 is 27.5 Å². The SMILES string of the molecule is CN1CC2CCC(C1)N2C(=O)C(O)C(O)c1nc2ccccc2s1. The first-order chi connectivity index (χ1) is 11.5. The lowest BCUT2D eigenvalue weighted by atomic mass is 10.1. The maximum absolute atomic E-state index is 12.8. The van der Waals surface area contributed by atoms with Crippen LogP contribution >= 0.6 is 11.3 Å². The topological polar surface area (TPSA) is 76.9 Å². The van der Waals surface area contributed by atoms with Gasteiger partial charge in [0.15, 0.2) is 6.10 Å². The molecule has 4 unspecified atom stereocenters. The molecule has 2 aliphatic rings. The number of benzene rings is 1. The van der Waals surface area contributed by atoms with Crippen molar-refractivity contribution in [2.75, 3.05) is 20.1 Å². The number of carbonyl (C=O) groups excluding carboxylic acids is 1. The third kappa shape index (κ3) is 2.61. The molecule has 0 saturated carbocycles. The van der Waals surface area contributed by atoms with E-state index in [-0.39, 0.29) is 18.0 Å². The van der Waals surface area contributed by atoms with Crippen LogP contribution in [0.25, 0.3) is 10.2 Å². The van der Waals surface area contributed by atoms with Crippen molar-refractivity contribution in [1.29, 1.82) is 0 Å². The summed E-state index contributed by atoms with van der Waals surface area (Å²) in [5.41, 5.74) is 0.774. The number of rotatable bonds is 3. The normalized spacial score (nSPS) is 26.7. The fourth-order valence-corrected chi connectivity index (χ4v) is 4.90. The molecule has 2 N–H and O–H groups in total. The van der Waals surface area contributed by atoms with Crippen LogP contribution in [0.5, 0.6) is 0 Å². The molecular weight excluding hydrogens is 326 g/mol. The van der Waals surface area contributed by atoms with Gasteiger partial charge in [-0.05, 0) is 32.0 Å². The molecule has 2 aliphatic heterocycles. The molecule has 4 rings (SSSR count). The average molecular weight is 347 g/mol. The number of para-hydroxylation sites is 1. The standard InChI is InChI=1S/C17H21N3O3S/c1-19-8-10-6-7-11(9-19)20(10)17(23)15(22)14(21)16-18-12-4-2-3-5-13(12)24-16/h2-5,10-11,14-15,21-22H,6-9H2,1H3. The van der Waals surface area contributed by atoms with Gasteiger partial charge >= 0.3 is 0 Å². The van der Waals surface area contributed by atoms with E-state index in [0.717, 1.165) is 36.1 Å². The van der Waals surface area contributed by atoms with Gasteiger partial charge in [-0.25, -0.2) is 4.98 Å². The fourth-order valence-electron chi connectivity index (χ4n) is 3.91. The van der Waals surface area contributed by atoms with E-state index in [1.54, 1.807) is 4.90 Å². The molecule has 3 heterocycles. The number of likely N-dealkylation sites (N-methyl/N-ethyl adjacent to an activating group) is 1. The second-order valence-corrected chi connectivity index (χ2v) is 7.82. The van der Waals surface area contributed by atoms with Crippen LogP contribution in [0.2, 0.25) is 0 Å². The van der Waals surface area contributed by atoms with Gasteiger partial charge in [-0.2, -0.15) is 0 Å². The Hall–Kier alpha value is -1.54. The minimum Gasteiger partial charge on any atom is -0.383 e. The van der Waals surface area contributed by atoms with E-state index in [0.29, 0.717) is 5.01 Å². The van der Waals surface area contributed by atoms with Crippen LogP contribution < -0.4 is 0 Å². The monoisotopic (exact) mass is 347 g/mol. The lowest BCUT2D eigenvalue weighted by Gasteiger charge is -2.40. The van der Waals surface area contributed by atoms with Gasteiger partial charge in [0.2, 0.25) is 0 Å². The Morgan fingerprint density at radius 1 is 1.25 bits per heavy atom. The summed E-state index contributed by atoms with van der Waals surface area (Å²) >= 11 is 1.32. The molecular formula is C17H21N3O3S.